The third-order valence-corrected chi connectivity index (χ3v) is 4.91. The zero-order valence-corrected chi connectivity index (χ0v) is 12.2. The van der Waals surface area contributed by atoms with Crippen molar-refractivity contribution in [2.75, 3.05) is 0 Å². The molecule has 0 bridgehead atoms. The quantitative estimate of drug-likeness (QED) is 0.874. The summed E-state index contributed by atoms with van der Waals surface area (Å²) >= 11 is 1.37. The number of nitrogens with one attached hydrogen (secondary N) is 1. The molecule has 0 aliphatic heterocycles. The predicted molar refractivity (Wildman–Crippen MR) is 74.3 cm³/mol. The van der Waals surface area contributed by atoms with E-state index in [2.05, 4.69) is 9.71 Å². The Bertz CT molecular complexity index is 724. The molecule has 20 heavy (non-hydrogen) atoms. The van der Waals surface area contributed by atoms with Crippen LogP contribution in [0.25, 0.3) is 0 Å². The van der Waals surface area contributed by atoms with Crippen molar-refractivity contribution in [3.05, 3.63) is 45.9 Å². The Hall–Kier alpha value is -1.77. The van der Waals surface area contributed by atoms with E-state index >= 15 is 0 Å². The van der Waals surface area contributed by atoms with E-state index in [0.29, 0.717) is 5.69 Å². The first-order chi connectivity index (χ1) is 9.42. The normalized spacial score (nSPS) is 11.4. The summed E-state index contributed by atoms with van der Waals surface area (Å²) in [5, 5.41) is 10.8. The molecule has 6 nitrogen and oxygen atoms in total. The summed E-state index contributed by atoms with van der Waals surface area (Å²) in [6, 6.07) is 4.16. The number of sulfonamides is 1. The second kappa shape index (κ2) is 5.70. The molecule has 2 N–H and O–H groups in total. The Kier molecular flexibility index (Phi) is 4.17. The molecule has 0 aliphatic rings. The maximum absolute atomic E-state index is 12.2. The number of benzene rings is 1. The summed E-state index contributed by atoms with van der Waals surface area (Å²) in [7, 11) is -3.77. The fourth-order valence-electron chi connectivity index (χ4n) is 1.71. The molecule has 0 saturated heterocycles. The van der Waals surface area contributed by atoms with Crippen LogP contribution in [0.2, 0.25) is 0 Å². The Labute approximate surface area is 120 Å². The molecule has 1 aromatic carbocycles. The van der Waals surface area contributed by atoms with E-state index < -0.39 is 16.0 Å². The van der Waals surface area contributed by atoms with Crippen LogP contribution < -0.4 is 4.72 Å². The van der Waals surface area contributed by atoms with Crippen molar-refractivity contribution >= 4 is 27.3 Å². The SMILES string of the molecule is Cc1c(C(=O)O)cccc1S(=O)(=O)NCc1cscn1. The van der Waals surface area contributed by atoms with E-state index in [4.69, 9.17) is 5.11 Å². The number of carboxylic acids is 1. The Morgan fingerprint density at radius 3 is 2.80 bits per heavy atom. The van der Waals surface area contributed by atoms with Gasteiger partial charge in [-0.2, -0.15) is 0 Å². The highest BCUT2D eigenvalue weighted by Gasteiger charge is 2.20. The van der Waals surface area contributed by atoms with Gasteiger partial charge >= 0.3 is 5.97 Å². The van der Waals surface area contributed by atoms with Crippen LogP contribution in [-0.4, -0.2) is 24.5 Å². The van der Waals surface area contributed by atoms with Gasteiger partial charge in [0.15, 0.2) is 0 Å². The van der Waals surface area contributed by atoms with Gasteiger partial charge in [0.25, 0.3) is 0 Å². The number of thiazole rings is 1. The van der Waals surface area contributed by atoms with Crippen molar-refractivity contribution in [3.8, 4) is 0 Å². The third kappa shape index (κ3) is 3.03. The second-order valence-corrected chi connectivity index (χ2v) is 6.49. The lowest BCUT2D eigenvalue weighted by atomic mass is 10.1. The molecular weight excluding hydrogens is 300 g/mol. The standard InChI is InChI=1S/C12H12N2O4S2/c1-8-10(12(15)16)3-2-4-11(8)20(17,18)14-5-9-6-19-7-13-9/h2-4,6-7,14H,5H2,1H3,(H,15,16). The number of hydrogen-bond donors (Lipinski definition) is 2. The predicted octanol–water partition coefficient (Wildman–Crippen LogP) is 1.63. The number of aromatic carboxylic acids is 1. The molecule has 0 atom stereocenters. The van der Waals surface area contributed by atoms with Crippen LogP contribution in [0.5, 0.6) is 0 Å². The molecule has 106 valence electrons. The molecule has 0 fully saturated rings. The zero-order valence-electron chi connectivity index (χ0n) is 10.5. The van der Waals surface area contributed by atoms with Gasteiger partial charge in [-0.25, -0.2) is 22.9 Å². The van der Waals surface area contributed by atoms with Gasteiger partial charge in [0.05, 0.1) is 28.2 Å². The minimum absolute atomic E-state index is 0.0264. The Morgan fingerprint density at radius 1 is 1.45 bits per heavy atom. The maximum Gasteiger partial charge on any atom is 0.335 e. The van der Waals surface area contributed by atoms with Gasteiger partial charge in [0, 0.05) is 5.38 Å². The minimum atomic E-state index is -3.77. The molecule has 0 aliphatic carbocycles. The van der Waals surface area contributed by atoms with E-state index in [1.165, 1.54) is 36.5 Å². The number of nitrogens with zero attached hydrogens (tertiary/aromatic N) is 1. The van der Waals surface area contributed by atoms with E-state index in [0.717, 1.165) is 0 Å². The zero-order chi connectivity index (χ0) is 14.8. The van der Waals surface area contributed by atoms with Crippen molar-refractivity contribution in [1.29, 1.82) is 0 Å². The summed E-state index contributed by atoms with van der Waals surface area (Å²) in [6.45, 7) is 1.55. The molecular formula is C12H12N2O4S2. The Morgan fingerprint density at radius 2 is 2.20 bits per heavy atom. The lowest BCUT2D eigenvalue weighted by molar-refractivity contribution is 0.0696. The minimum Gasteiger partial charge on any atom is -0.478 e. The molecule has 1 heterocycles. The molecule has 2 rings (SSSR count). The highest BCUT2D eigenvalue weighted by atomic mass is 32.2. The molecule has 0 amide bonds. The number of carbonyl (C=O) groups is 1. The van der Waals surface area contributed by atoms with Crippen molar-refractivity contribution in [2.45, 2.75) is 18.4 Å². The van der Waals surface area contributed by atoms with E-state index in [1.807, 2.05) is 0 Å². The highest BCUT2D eigenvalue weighted by Crippen LogP contribution is 2.19. The van der Waals surface area contributed by atoms with Crippen molar-refractivity contribution in [3.63, 3.8) is 0 Å². The molecule has 2 aromatic rings. The molecule has 0 unspecified atom stereocenters. The smallest absolute Gasteiger partial charge is 0.335 e. The number of carboxylic acid groups (broad SMARTS) is 1. The van der Waals surface area contributed by atoms with Gasteiger partial charge in [0.1, 0.15) is 0 Å². The van der Waals surface area contributed by atoms with Crippen molar-refractivity contribution in [2.24, 2.45) is 0 Å². The van der Waals surface area contributed by atoms with Crippen molar-refractivity contribution in [1.82, 2.24) is 9.71 Å². The second-order valence-electron chi connectivity index (χ2n) is 4.04. The summed E-state index contributed by atoms with van der Waals surface area (Å²) in [6.07, 6.45) is 0. The fourth-order valence-corrected chi connectivity index (χ4v) is 3.53. The van der Waals surface area contributed by atoms with Crippen LogP contribution in [0.15, 0.2) is 34.0 Å². The first-order valence-electron chi connectivity index (χ1n) is 5.61. The monoisotopic (exact) mass is 312 g/mol. The average molecular weight is 312 g/mol. The van der Waals surface area contributed by atoms with Gasteiger partial charge in [0.2, 0.25) is 10.0 Å². The molecule has 1 aromatic heterocycles. The highest BCUT2D eigenvalue weighted by molar-refractivity contribution is 7.89. The summed E-state index contributed by atoms with van der Waals surface area (Å²) < 4.78 is 26.8. The van der Waals surface area contributed by atoms with E-state index in [1.54, 1.807) is 10.9 Å². The van der Waals surface area contributed by atoms with Gasteiger partial charge in [-0.15, -0.1) is 11.3 Å². The largest absolute Gasteiger partial charge is 0.478 e. The van der Waals surface area contributed by atoms with E-state index in [-0.39, 0.29) is 22.6 Å². The van der Waals surface area contributed by atoms with Crippen LogP contribution in [0, 0.1) is 6.92 Å². The molecule has 0 spiro atoms. The first-order valence-corrected chi connectivity index (χ1v) is 8.04. The van der Waals surface area contributed by atoms with Crippen LogP contribution in [0.3, 0.4) is 0 Å². The lowest BCUT2D eigenvalue weighted by Gasteiger charge is -2.10. The summed E-state index contributed by atoms with van der Waals surface area (Å²) in [4.78, 5) is 15.0. The number of rotatable bonds is 5. The van der Waals surface area contributed by atoms with Crippen LogP contribution >= 0.6 is 11.3 Å². The molecule has 8 heteroatoms. The van der Waals surface area contributed by atoms with Crippen molar-refractivity contribution < 1.29 is 18.3 Å². The molecule has 0 radical (unpaired) electrons. The van der Waals surface area contributed by atoms with Crippen LogP contribution in [0.4, 0.5) is 0 Å². The lowest BCUT2D eigenvalue weighted by Crippen LogP contribution is -2.24. The van der Waals surface area contributed by atoms with Gasteiger partial charge in [-0.1, -0.05) is 6.07 Å². The maximum atomic E-state index is 12.2. The average Bonchev–Trinajstić information content (AvgIpc) is 2.89. The van der Waals surface area contributed by atoms with Gasteiger partial charge in [-0.05, 0) is 24.6 Å². The van der Waals surface area contributed by atoms with E-state index in [9.17, 15) is 13.2 Å². The van der Waals surface area contributed by atoms with Crippen LogP contribution in [0.1, 0.15) is 21.6 Å². The number of hydrogen-bond acceptors (Lipinski definition) is 5. The van der Waals surface area contributed by atoms with Crippen LogP contribution in [-0.2, 0) is 16.6 Å². The summed E-state index contributed by atoms with van der Waals surface area (Å²) in [5.74, 6) is -1.15. The van der Waals surface area contributed by atoms with Gasteiger partial charge < -0.3 is 5.11 Å². The topological polar surface area (TPSA) is 96.4 Å². The fraction of sp³-hybridized carbons (Fsp3) is 0.167. The Balaban J connectivity index is 2.30. The third-order valence-electron chi connectivity index (χ3n) is 2.73. The van der Waals surface area contributed by atoms with Gasteiger partial charge in [-0.3, -0.25) is 0 Å². The molecule has 0 saturated carbocycles. The number of aromatic nitrogens is 1. The first kappa shape index (κ1) is 14.6. The summed E-state index contributed by atoms with van der Waals surface area (Å²) in [5.41, 5.74) is 2.41.